The normalized spacial score (nSPS) is 11.3. The monoisotopic (exact) mass is 239 g/mol. The molecule has 0 unspecified atom stereocenters. The van der Waals surface area contributed by atoms with Crippen molar-refractivity contribution in [2.45, 2.75) is 32.7 Å². The number of nitrogens with one attached hydrogen (secondary N) is 1. The number of aliphatic carboxylic acids is 1. The molecule has 0 bridgehead atoms. The Labute approximate surface area is 99.6 Å². The molecule has 6 heteroatoms. The summed E-state index contributed by atoms with van der Waals surface area (Å²) in [6.07, 6.45) is 1.49. The summed E-state index contributed by atoms with van der Waals surface area (Å²) in [4.78, 5) is 22.6. The van der Waals surface area contributed by atoms with Crippen molar-refractivity contribution >= 4 is 11.9 Å². The van der Waals surface area contributed by atoms with Crippen LogP contribution in [0, 0.1) is 6.92 Å². The van der Waals surface area contributed by atoms with Crippen LogP contribution in [0.2, 0.25) is 0 Å². The van der Waals surface area contributed by atoms with Crippen molar-refractivity contribution in [3.8, 4) is 0 Å². The molecule has 0 aliphatic heterocycles. The number of aromatic nitrogens is 2. The van der Waals surface area contributed by atoms with Crippen molar-refractivity contribution in [3.05, 3.63) is 17.5 Å². The topological polar surface area (TPSA) is 84.2 Å². The van der Waals surface area contributed by atoms with Gasteiger partial charge in [0.25, 0.3) is 5.91 Å². The average molecular weight is 239 g/mol. The molecule has 0 fully saturated rings. The number of nitrogens with zero attached hydrogens (tertiary/aromatic N) is 2. The quantitative estimate of drug-likeness (QED) is 0.810. The van der Waals surface area contributed by atoms with E-state index in [2.05, 4.69) is 10.4 Å². The smallest absolute Gasteiger partial charge is 0.305 e. The van der Waals surface area contributed by atoms with Gasteiger partial charge in [0, 0.05) is 18.8 Å². The zero-order chi connectivity index (χ0) is 13.2. The zero-order valence-corrected chi connectivity index (χ0v) is 10.4. The van der Waals surface area contributed by atoms with Crippen LogP contribution < -0.4 is 5.32 Å². The summed E-state index contributed by atoms with van der Waals surface area (Å²) in [5.74, 6) is -1.25. The summed E-state index contributed by atoms with van der Waals surface area (Å²) in [7, 11) is 1.73. The maximum atomic E-state index is 11.9. The summed E-state index contributed by atoms with van der Waals surface area (Å²) in [5, 5.41) is 15.5. The highest BCUT2D eigenvalue weighted by atomic mass is 16.4. The van der Waals surface area contributed by atoms with E-state index in [0.717, 1.165) is 0 Å². The van der Waals surface area contributed by atoms with E-state index < -0.39 is 11.5 Å². The van der Waals surface area contributed by atoms with Gasteiger partial charge < -0.3 is 10.4 Å². The number of rotatable bonds is 4. The van der Waals surface area contributed by atoms with Gasteiger partial charge in [0.2, 0.25) is 0 Å². The Kier molecular flexibility index (Phi) is 3.55. The van der Waals surface area contributed by atoms with E-state index in [0.29, 0.717) is 11.3 Å². The molecule has 2 N–H and O–H groups in total. The average Bonchev–Trinajstić information content (AvgIpc) is 2.41. The molecule has 17 heavy (non-hydrogen) atoms. The molecule has 0 saturated carbocycles. The second kappa shape index (κ2) is 4.57. The Morgan fingerprint density at radius 1 is 1.53 bits per heavy atom. The number of aryl methyl sites for hydroxylation is 2. The van der Waals surface area contributed by atoms with Crippen molar-refractivity contribution in [2.24, 2.45) is 7.05 Å². The second-order valence-corrected chi connectivity index (χ2v) is 4.71. The Balaban J connectivity index is 2.79. The fourth-order valence-electron chi connectivity index (χ4n) is 1.62. The van der Waals surface area contributed by atoms with Gasteiger partial charge in [-0.3, -0.25) is 14.3 Å². The number of amides is 1. The van der Waals surface area contributed by atoms with Crippen LogP contribution in [0.3, 0.4) is 0 Å². The summed E-state index contributed by atoms with van der Waals surface area (Å²) < 4.78 is 1.55. The van der Waals surface area contributed by atoms with Gasteiger partial charge in [0.05, 0.1) is 17.7 Å². The molecule has 0 radical (unpaired) electrons. The molecule has 0 aromatic carbocycles. The Bertz CT molecular complexity index is 449. The van der Waals surface area contributed by atoms with Crippen molar-refractivity contribution in [3.63, 3.8) is 0 Å². The van der Waals surface area contributed by atoms with Crippen LogP contribution in [0.15, 0.2) is 6.20 Å². The molecule has 1 aromatic rings. The van der Waals surface area contributed by atoms with Gasteiger partial charge >= 0.3 is 5.97 Å². The summed E-state index contributed by atoms with van der Waals surface area (Å²) >= 11 is 0. The summed E-state index contributed by atoms with van der Waals surface area (Å²) in [6.45, 7) is 5.08. The minimum Gasteiger partial charge on any atom is -0.481 e. The lowest BCUT2D eigenvalue weighted by Gasteiger charge is -2.23. The fraction of sp³-hybridized carbons (Fsp3) is 0.545. The number of hydrogen-bond donors (Lipinski definition) is 2. The van der Waals surface area contributed by atoms with E-state index in [9.17, 15) is 9.59 Å². The SMILES string of the molecule is Cc1nn(C)cc1C(=O)NC(C)(C)CC(=O)O. The predicted octanol–water partition coefficient (Wildman–Crippen LogP) is 0.712. The Hall–Kier alpha value is -1.85. The highest BCUT2D eigenvalue weighted by Gasteiger charge is 2.25. The van der Waals surface area contributed by atoms with Gasteiger partial charge in [0.15, 0.2) is 0 Å². The first-order chi connectivity index (χ1) is 7.71. The van der Waals surface area contributed by atoms with E-state index in [1.807, 2.05) is 0 Å². The second-order valence-electron chi connectivity index (χ2n) is 4.71. The molecule has 1 amide bonds. The van der Waals surface area contributed by atoms with Gasteiger partial charge in [-0.15, -0.1) is 0 Å². The van der Waals surface area contributed by atoms with Crippen LogP contribution in [0.1, 0.15) is 36.3 Å². The maximum absolute atomic E-state index is 11.9. The molecule has 0 atom stereocenters. The van der Waals surface area contributed by atoms with Crippen LogP contribution in [-0.2, 0) is 11.8 Å². The van der Waals surface area contributed by atoms with Crippen LogP contribution in [0.25, 0.3) is 0 Å². The number of carbonyl (C=O) groups excluding carboxylic acids is 1. The van der Waals surface area contributed by atoms with E-state index in [1.165, 1.54) is 0 Å². The number of carboxylic acid groups (broad SMARTS) is 1. The van der Waals surface area contributed by atoms with Crippen molar-refractivity contribution < 1.29 is 14.7 Å². The third kappa shape index (κ3) is 3.58. The predicted molar refractivity (Wildman–Crippen MR) is 61.7 cm³/mol. The first-order valence-electron chi connectivity index (χ1n) is 5.26. The number of hydrogen-bond acceptors (Lipinski definition) is 3. The van der Waals surface area contributed by atoms with Gasteiger partial charge in [-0.1, -0.05) is 0 Å². The fourth-order valence-corrected chi connectivity index (χ4v) is 1.62. The van der Waals surface area contributed by atoms with Gasteiger partial charge in [-0.25, -0.2) is 0 Å². The molecular formula is C11H17N3O3. The highest BCUT2D eigenvalue weighted by Crippen LogP contribution is 2.11. The van der Waals surface area contributed by atoms with E-state index >= 15 is 0 Å². The molecule has 1 heterocycles. The third-order valence-electron chi connectivity index (χ3n) is 2.30. The molecule has 6 nitrogen and oxygen atoms in total. The summed E-state index contributed by atoms with van der Waals surface area (Å²) in [5.41, 5.74) is 0.299. The molecule has 0 aliphatic rings. The molecule has 0 saturated heterocycles. The molecule has 0 aliphatic carbocycles. The first kappa shape index (κ1) is 13.2. The largest absolute Gasteiger partial charge is 0.481 e. The van der Waals surface area contributed by atoms with E-state index in [1.54, 1.807) is 38.7 Å². The molecule has 1 rings (SSSR count). The zero-order valence-electron chi connectivity index (χ0n) is 10.4. The lowest BCUT2D eigenvalue weighted by atomic mass is 10.0. The molecular weight excluding hydrogens is 222 g/mol. The van der Waals surface area contributed by atoms with Crippen LogP contribution in [0.4, 0.5) is 0 Å². The lowest BCUT2D eigenvalue weighted by Crippen LogP contribution is -2.45. The van der Waals surface area contributed by atoms with Crippen LogP contribution >= 0.6 is 0 Å². The first-order valence-corrected chi connectivity index (χ1v) is 5.26. The van der Waals surface area contributed by atoms with Crippen molar-refractivity contribution in [1.82, 2.24) is 15.1 Å². The number of carbonyl (C=O) groups is 2. The van der Waals surface area contributed by atoms with Crippen LogP contribution in [-0.4, -0.2) is 32.3 Å². The van der Waals surface area contributed by atoms with Crippen LogP contribution in [0.5, 0.6) is 0 Å². The number of carboxylic acids is 1. The van der Waals surface area contributed by atoms with Gasteiger partial charge in [0.1, 0.15) is 0 Å². The summed E-state index contributed by atoms with van der Waals surface area (Å²) in [6, 6.07) is 0. The molecule has 94 valence electrons. The Morgan fingerprint density at radius 3 is 2.53 bits per heavy atom. The standard InChI is InChI=1S/C11H17N3O3/c1-7-8(6-14(4)13-7)10(17)12-11(2,3)5-9(15)16/h6H,5H2,1-4H3,(H,12,17)(H,15,16). The van der Waals surface area contributed by atoms with Crippen molar-refractivity contribution in [2.75, 3.05) is 0 Å². The third-order valence-corrected chi connectivity index (χ3v) is 2.30. The Morgan fingerprint density at radius 2 is 2.12 bits per heavy atom. The minimum absolute atomic E-state index is 0.127. The maximum Gasteiger partial charge on any atom is 0.305 e. The molecule has 0 spiro atoms. The van der Waals surface area contributed by atoms with E-state index in [-0.39, 0.29) is 12.3 Å². The lowest BCUT2D eigenvalue weighted by molar-refractivity contribution is -0.138. The van der Waals surface area contributed by atoms with Crippen molar-refractivity contribution in [1.29, 1.82) is 0 Å². The highest BCUT2D eigenvalue weighted by molar-refractivity contribution is 5.95. The molecule has 1 aromatic heterocycles. The minimum atomic E-state index is -0.946. The van der Waals surface area contributed by atoms with Gasteiger partial charge in [-0.2, -0.15) is 5.10 Å². The van der Waals surface area contributed by atoms with E-state index in [4.69, 9.17) is 5.11 Å². The van der Waals surface area contributed by atoms with Gasteiger partial charge in [-0.05, 0) is 20.8 Å².